The SMILES string of the molecule is CC[C@@H](C)c1ccc(NC(=S)NCCCCCC(=O)OC)cc1. The average Bonchev–Trinajstić information content (AvgIpc) is 2.57. The summed E-state index contributed by atoms with van der Waals surface area (Å²) in [5, 5.41) is 7.01. The van der Waals surface area contributed by atoms with Gasteiger partial charge in [0.1, 0.15) is 0 Å². The summed E-state index contributed by atoms with van der Waals surface area (Å²) in [7, 11) is 1.42. The van der Waals surface area contributed by atoms with Crippen molar-refractivity contribution in [2.24, 2.45) is 0 Å². The molecule has 0 aromatic heterocycles. The lowest BCUT2D eigenvalue weighted by molar-refractivity contribution is -0.140. The predicted molar refractivity (Wildman–Crippen MR) is 99.9 cm³/mol. The zero-order valence-electron chi connectivity index (χ0n) is 14.4. The molecular formula is C18H28N2O2S. The van der Waals surface area contributed by atoms with Crippen molar-refractivity contribution < 1.29 is 9.53 Å². The number of unbranched alkanes of at least 4 members (excludes halogenated alkanes) is 2. The van der Waals surface area contributed by atoms with Crippen LogP contribution in [0.3, 0.4) is 0 Å². The highest BCUT2D eigenvalue weighted by Crippen LogP contribution is 2.20. The molecule has 23 heavy (non-hydrogen) atoms. The standard InChI is InChI=1S/C18H28N2O2S/c1-4-14(2)15-9-11-16(12-10-15)20-18(23)19-13-7-5-6-8-17(21)22-3/h9-12,14H,4-8,13H2,1-3H3,(H2,19,20,23)/t14-/m1/s1. The second-order valence-corrected chi connectivity index (χ2v) is 6.11. The van der Waals surface area contributed by atoms with E-state index < -0.39 is 0 Å². The number of ether oxygens (including phenoxy) is 1. The molecule has 1 rings (SSSR count). The third-order valence-electron chi connectivity index (χ3n) is 3.92. The fourth-order valence-electron chi connectivity index (χ4n) is 2.18. The molecular weight excluding hydrogens is 308 g/mol. The van der Waals surface area contributed by atoms with E-state index in [1.54, 1.807) is 0 Å². The van der Waals surface area contributed by atoms with Gasteiger partial charge in [-0.05, 0) is 55.1 Å². The molecule has 0 saturated carbocycles. The Morgan fingerprint density at radius 3 is 2.52 bits per heavy atom. The molecule has 0 aliphatic carbocycles. The number of benzene rings is 1. The van der Waals surface area contributed by atoms with Crippen LogP contribution in [0.2, 0.25) is 0 Å². The Kier molecular flexibility index (Phi) is 9.29. The number of nitrogens with one attached hydrogen (secondary N) is 2. The van der Waals surface area contributed by atoms with Crippen LogP contribution >= 0.6 is 12.2 Å². The molecule has 1 aromatic carbocycles. The molecule has 0 unspecified atom stereocenters. The minimum Gasteiger partial charge on any atom is -0.469 e. The quantitative estimate of drug-likeness (QED) is 0.402. The van der Waals surface area contributed by atoms with E-state index in [0.29, 0.717) is 17.5 Å². The Morgan fingerprint density at radius 2 is 1.91 bits per heavy atom. The third-order valence-corrected chi connectivity index (χ3v) is 4.17. The molecule has 0 radical (unpaired) electrons. The summed E-state index contributed by atoms with van der Waals surface area (Å²) in [5.41, 5.74) is 2.35. The molecule has 0 aliphatic heterocycles. The summed E-state index contributed by atoms with van der Waals surface area (Å²) in [4.78, 5) is 11.0. The molecule has 1 aromatic rings. The monoisotopic (exact) mass is 336 g/mol. The molecule has 0 spiro atoms. The van der Waals surface area contributed by atoms with Gasteiger partial charge in [0.15, 0.2) is 5.11 Å². The number of hydrogen-bond donors (Lipinski definition) is 2. The zero-order valence-corrected chi connectivity index (χ0v) is 15.2. The summed E-state index contributed by atoms with van der Waals surface area (Å²) in [6.45, 7) is 5.23. The number of carbonyl (C=O) groups is 1. The second-order valence-electron chi connectivity index (χ2n) is 5.70. The van der Waals surface area contributed by atoms with Crippen LogP contribution in [-0.2, 0) is 9.53 Å². The van der Waals surface area contributed by atoms with Crippen LogP contribution in [0.5, 0.6) is 0 Å². The highest BCUT2D eigenvalue weighted by molar-refractivity contribution is 7.80. The van der Waals surface area contributed by atoms with Crippen LogP contribution in [0.1, 0.15) is 57.4 Å². The molecule has 0 fully saturated rings. The summed E-state index contributed by atoms with van der Waals surface area (Å²) >= 11 is 5.29. The van der Waals surface area contributed by atoms with Crippen LogP contribution in [0, 0.1) is 0 Å². The predicted octanol–water partition coefficient (Wildman–Crippen LogP) is 4.22. The highest BCUT2D eigenvalue weighted by Gasteiger charge is 2.03. The minimum absolute atomic E-state index is 0.143. The van der Waals surface area contributed by atoms with Gasteiger partial charge in [0, 0.05) is 18.7 Å². The molecule has 4 nitrogen and oxygen atoms in total. The molecule has 0 saturated heterocycles. The van der Waals surface area contributed by atoms with Crippen molar-refractivity contribution in [1.82, 2.24) is 5.32 Å². The average molecular weight is 337 g/mol. The van der Waals surface area contributed by atoms with Crippen molar-refractivity contribution in [2.45, 2.75) is 51.9 Å². The second kappa shape index (κ2) is 11.0. The molecule has 128 valence electrons. The number of esters is 1. The zero-order chi connectivity index (χ0) is 17.1. The van der Waals surface area contributed by atoms with Crippen LogP contribution in [-0.4, -0.2) is 24.7 Å². The van der Waals surface area contributed by atoms with Crippen LogP contribution in [0.15, 0.2) is 24.3 Å². The first-order valence-electron chi connectivity index (χ1n) is 8.28. The minimum atomic E-state index is -0.143. The van der Waals surface area contributed by atoms with Crippen molar-refractivity contribution in [3.8, 4) is 0 Å². The van der Waals surface area contributed by atoms with Gasteiger partial charge in [-0.15, -0.1) is 0 Å². The van der Waals surface area contributed by atoms with Gasteiger partial charge < -0.3 is 15.4 Å². The Morgan fingerprint density at radius 1 is 1.22 bits per heavy atom. The van der Waals surface area contributed by atoms with Gasteiger partial charge in [0.2, 0.25) is 0 Å². The lowest BCUT2D eigenvalue weighted by atomic mass is 9.99. The van der Waals surface area contributed by atoms with Gasteiger partial charge in [-0.3, -0.25) is 4.79 Å². The van der Waals surface area contributed by atoms with Crippen molar-refractivity contribution >= 4 is 29.0 Å². The third kappa shape index (κ3) is 7.98. The first-order chi connectivity index (χ1) is 11.1. The normalized spacial score (nSPS) is 11.6. The van der Waals surface area contributed by atoms with Crippen molar-refractivity contribution in [3.63, 3.8) is 0 Å². The van der Waals surface area contributed by atoms with E-state index in [-0.39, 0.29) is 5.97 Å². The van der Waals surface area contributed by atoms with E-state index in [2.05, 4.69) is 53.5 Å². The van der Waals surface area contributed by atoms with Crippen LogP contribution < -0.4 is 10.6 Å². The fraction of sp³-hybridized carbons (Fsp3) is 0.556. The Balaban J connectivity index is 2.20. The maximum Gasteiger partial charge on any atom is 0.305 e. The maximum absolute atomic E-state index is 11.0. The number of hydrogen-bond acceptors (Lipinski definition) is 3. The van der Waals surface area contributed by atoms with Gasteiger partial charge in [-0.2, -0.15) is 0 Å². The molecule has 0 aliphatic rings. The summed E-state index contributed by atoms with van der Waals surface area (Å²) in [5.74, 6) is 0.440. The Labute approximate surface area is 145 Å². The van der Waals surface area contributed by atoms with Crippen molar-refractivity contribution in [1.29, 1.82) is 0 Å². The number of carbonyl (C=O) groups excluding carboxylic acids is 1. The van der Waals surface area contributed by atoms with E-state index in [9.17, 15) is 4.79 Å². The topological polar surface area (TPSA) is 50.4 Å². The Hall–Kier alpha value is -1.62. The first kappa shape index (κ1) is 19.4. The number of thiocarbonyl (C=S) groups is 1. The number of anilines is 1. The van der Waals surface area contributed by atoms with Crippen LogP contribution in [0.25, 0.3) is 0 Å². The lowest BCUT2D eigenvalue weighted by Crippen LogP contribution is -2.29. The van der Waals surface area contributed by atoms with E-state index in [1.165, 1.54) is 12.7 Å². The van der Waals surface area contributed by atoms with E-state index in [4.69, 9.17) is 12.2 Å². The van der Waals surface area contributed by atoms with Crippen LogP contribution in [0.4, 0.5) is 5.69 Å². The van der Waals surface area contributed by atoms with Gasteiger partial charge in [-0.25, -0.2) is 0 Å². The van der Waals surface area contributed by atoms with Gasteiger partial charge in [0.25, 0.3) is 0 Å². The number of rotatable bonds is 9. The van der Waals surface area contributed by atoms with Gasteiger partial charge >= 0.3 is 5.97 Å². The number of methoxy groups -OCH3 is 1. The fourth-order valence-corrected chi connectivity index (χ4v) is 2.40. The van der Waals surface area contributed by atoms with E-state index in [1.807, 2.05) is 0 Å². The molecule has 5 heteroatoms. The largest absolute Gasteiger partial charge is 0.469 e. The van der Waals surface area contributed by atoms with Crippen molar-refractivity contribution in [2.75, 3.05) is 19.0 Å². The molecule has 0 bridgehead atoms. The summed E-state index contributed by atoms with van der Waals surface area (Å²) < 4.78 is 4.61. The maximum atomic E-state index is 11.0. The molecule has 0 heterocycles. The van der Waals surface area contributed by atoms with E-state index >= 15 is 0 Å². The smallest absolute Gasteiger partial charge is 0.305 e. The Bertz CT molecular complexity index is 488. The summed E-state index contributed by atoms with van der Waals surface area (Å²) in [6.07, 6.45) is 4.44. The van der Waals surface area contributed by atoms with Crippen molar-refractivity contribution in [3.05, 3.63) is 29.8 Å². The highest BCUT2D eigenvalue weighted by atomic mass is 32.1. The molecule has 0 amide bonds. The van der Waals surface area contributed by atoms with E-state index in [0.717, 1.165) is 37.9 Å². The van der Waals surface area contributed by atoms with Gasteiger partial charge in [0.05, 0.1) is 7.11 Å². The molecule has 2 N–H and O–H groups in total. The lowest BCUT2D eigenvalue weighted by Gasteiger charge is -2.12. The summed E-state index contributed by atoms with van der Waals surface area (Å²) in [6, 6.07) is 8.41. The first-order valence-corrected chi connectivity index (χ1v) is 8.69. The van der Waals surface area contributed by atoms with Gasteiger partial charge in [-0.1, -0.05) is 32.4 Å². The molecule has 1 atom stereocenters.